The zero-order chi connectivity index (χ0) is 13.9. The van der Waals surface area contributed by atoms with Gasteiger partial charge in [0.25, 0.3) is 0 Å². The molecule has 1 saturated heterocycles. The molecule has 0 radical (unpaired) electrons. The summed E-state index contributed by atoms with van der Waals surface area (Å²) in [5.41, 5.74) is 0. The summed E-state index contributed by atoms with van der Waals surface area (Å²) in [5.74, 6) is 0.310. The number of piperidine rings is 1. The zero-order valence-corrected chi connectivity index (χ0v) is 12.7. The van der Waals surface area contributed by atoms with Crippen LogP contribution in [-0.4, -0.2) is 28.1 Å². The topological polar surface area (TPSA) is 58.2 Å². The first-order chi connectivity index (χ1) is 9.00. The maximum atomic E-state index is 12.2. The number of sulfonamides is 1. The van der Waals surface area contributed by atoms with E-state index >= 15 is 0 Å². The molecule has 1 heterocycles. The van der Waals surface area contributed by atoms with Crippen LogP contribution in [0.25, 0.3) is 0 Å². The molecule has 2 rings (SSSR count). The largest absolute Gasteiger partial charge is 0.316 e. The Labute approximate surface area is 123 Å². The van der Waals surface area contributed by atoms with E-state index in [4.69, 9.17) is 23.2 Å². The first kappa shape index (κ1) is 15.1. The van der Waals surface area contributed by atoms with E-state index < -0.39 is 10.0 Å². The molecule has 0 unspecified atom stereocenters. The maximum Gasteiger partial charge on any atom is 0.243 e. The molecule has 1 aromatic carbocycles. The number of halogens is 2. The van der Waals surface area contributed by atoms with Gasteiger partial charge in [0.2, 0.25) is 10.0 Å². The van der Waals surface area contributed by atoms with E-state index in [9.17, 15) is 8.42 Å². The molecular formula is C12H16Cl2N2O2S. The Hall–Kier alpha value is -0.330. The lowest BCUT2D eigenvalue weighted by Gasteiger charge is -2.23. The van der Waals surface area contributed by atoms with E-state index in [0.717, 1.165) is 25.9 Å². The van der Waals surface area contributed by atoms with Crippen molar-refractivity contribution in [3.05, 3.63) is 28.2 Å². The Morgan fingerprint density at radius 2 is 2.00 bits per heavy atom. The summed E-state index contributed by atoms with van der Waals surface area (Å²) < 4.78 is 27.0. The minimum absolute atomic E-state index is 0.0397. The maximum absolute atomic E-state index is 12.2. The fourth-order valence-electron chi connectivity index (χ4n) is 2.14. The highest BCUT2D eigenvalue weighted by molar-refractivity contribution is 7.89. The van der Waals surface area contributed by atoms with Gasteiger partial charge in [0, 0.05) is 6.54 Å². The summed E-state index contributed by atoms with van der Waals surface area (Å²) in [5, 5.41) is 3.53. The summed E-state index contributed by atoms with van der Waals surface area (Å²) >= 11 is 11.8. The second-order valence-electron chi connectivity index (χ2n) is 4.62. The van der Waals surface area contributed by atoms with Gasteiger partial charge in [-0.1, -0.05) is 29.3 Å². The molecule has 0 aromatic heterocycles. The van der Waals surface area contributed by atoms with Gasteiger partial charge in [0.05, 0.1) is 10.0 Å². The van der Waals surface area contributed by atoms with Gasteiger partial charge in [-0.2, -0.15) is 0 Å². The molecular weight excluding hydrogens is 307 g/mol. The van der Waals surface area contributed by atoms with E-state index in [0.29, 0.717) is 12.5 Å². The molecule has 0 saturated carbocycles. The molecule has 1 atom stereocenters. The molecule has 2 N–H and O–H groups in total. The Balaban J connectivity index is 2.09. The summed E-state index contributed by atoms with van der Waals surface area (Å²) in [6, 6.07) is 4.66. The second-order valence-corrected chi connectivity index (χ2v) is 7.13. The van der Waals surface area contributed by atoms with Crippen LogP contribution in [0.2, 0.25) is 10.0 Å². The van der Waals surface area contributed by atoms with E-state index in [1.165, 1.54) is 12.1 Å². The van der Waals surface area contributed by atoms with E-state index in [-0.39, 0.29) is 14.9 Å². The lowest BCUT2D eigenvalue weighted by atomic mass is 10.0. The van der Waals surface area contributed by atoms with Crippen LogP contribution in [0, 0.1) is 5.92 Å². The SMILES string of the molecule is O=S(=O)(NC[C@H]1CCCNC1)c1c(Cl)cccc1Cl. The number of hydrogen-bond donors (Lipinski definition) is 2. The van der Waals surface area contributed by atoms with Gasteiger partial charge in [-0.25, -0.2) is 13.1 Å². The molecule has 0 amide bonds. The predicted molar refractivity (Wildman–Crippen MR) is 77.2 cm³/mol. The smallest absolute Gasteiger partial charge is 0.243 e. The highest BCUT2D eigenvalue weighted by Crippen LogP contribution is 2.28. The molecule has 0 aliphatic carbocycles. The fourth-order valence-corrected chi connectivity index (χ4v) is 4.39. The Morgan fingerprint density at radius 3 is 2.58 bits per heavy atom. The number of nitrogens with one attached hydrogen (secondary N) is 2. The van der Waals surface area contributed by atoms with Gasteiger partial charge in [-0.3, -0.25) is 0 Å². The lowest BCUT2D eigenvalue weighted by Crippen LogP contribution is -2.38. The predicted octanol–water partition coefficient (Wildman–Crippen LogP) is 2.27. The van der Waals surface area contributed by atoms with Crippen LogP contribution in [-0.2, 0) is 10.0 Å². The normalized spacial score (nSPS) is 20.4. The Bertz CT molecular complexity index is 522. The molecule has 4 nitrogen and oxygen atoms in total. The van der Waals surface area contributed by atoms with Crippen LogP contribution in [0.5, 0.6) is 0 Å². The van der Waals surface area contributed by atoms with Crippen molar-refractivity contribution in [2.24, 2.45) is 5.92 Å². The van der Waals surface area contributed by atoms with Crippen molar-refractivity contribution in [3.63, 3.8) is 0 Å². The summed E-state index contributed by atoms with van der Waals surface area (Å²) in [7, 11) is -3.66. The van der Waals surface area contributed by atoms with Gasteiger partial charge in [-0.15, -0.1) is 0 Å². The van der Waals surface area contributed by atoms with Gasteiger partial charge >= 0.3 is 0 Å². The minimum Gasteiger partial charge on any atom is -0.316 e. The third kappa shape index (κ3) is 3.83. The molecule has 19 heavy (non-hydrogen) atoms. The summed E-state index contributed by atoms with van der Waals surface area (Å²) in [6.07, 6.45) is 2.09. The van der Waals surface area contributed by atoms with Crippen molar-refractivity contribution < 1.29 is 8.42 Å². The first-order valence-electron chi connectivity index (χ1n) is 6.15. The minimum atomic E-state index is -3.66. The van der Waals surface area contributed by atoms with E-state index in [1.807, 2.05) is 0 Å². The van der Waals surface area contributed by atoms with Gasteiger partial charge < -0.3 is 5.32 Å². The van der Waals surface area contributed by atoms with Crippen molar-refractivity contribution in [2.45, 2.75) is 17.7 Å². The van der Waals surface area contributed by atoms with Crippen LogP contribution in [0.1, 0.15) is 12.8 Å². The monoisotopic (exact) mass is 322 g/mol. The second kappa shape index (κ2) is 6.41. The standard InChI is InChI=1S/C12H16Cl2N2O2S/c13-10-4-1-5-11(14)12(10)19(17,18)16-8-9-3-2-6-15-7-9/h1,4-5,9,15-16H,2-3,6-8H2/t9-/m0/s1. The zero-order valence-electron chi connectivity index (χ0n) is 10.3. The van der Waals surface area contributed by atoms with Crippen molar-refractivity contribution in [1.29, 1.82) is 0 Å². The molecule has 7 heteroatoms. The molecule has 1 aliphatic rings. The average Bonchev–Trinajstić information content (AvgIpc) is 2.37. The third-order valence-corrected chi connectivity index (χ3v) is 5.53. The fraction of sp³-hybridized carbons (Fsp3) is 0.500. The van der Waals surface area contributed by atoms with Gasteiger partial charge in [-0.05, 0) is 44.0 Å². The average molecular weight is 323 g/mol. The molecule has 1 fully saturated rings. The van der Waals surface area contributed by atoms with Crippen molar-refractivity contribution >= 4 is 33.2 Å². The summed E-state index contributed by atoms with van der Waals surface area (Å²) in [6.45, 7) is 2.23. The lowest BCUT2D eigenvalue weighted by molar-refractivity contribution is 0.376. The highest BCUT2D eigenvalue weighted by atomic mass is 35.5. The van der Waals surface area contributed by atoms with Crippen LogP contribution < -0.4 is 10.0 Å². The molecule has 0 bridgehead atoms. The summed E-state index contributed by atoms with van der Waals surface area (Å²) in [4.78, 5) is -0.0397. The van der Waals surface area contributed by atoms with Gasteiger partial charge in [0.1, 0.15) is 4.90 Å². The van der Waals surface area contributed by atoms with E-state index in [1.54, 1.807) is 6.07 Å². The molecule has 1 aromatic rings. The van der Waals surface area contributed by atoms with Gasteiger partial charge in [0.15, 0.2) is 0 Å². The Kier molecular flexibility index (Phi) is 5.09. The van der Waals surface area contributed by atoms with Crippen LogP contribution in [0.4, 0.5) is 0 Å². The van der Waals surface area contributed by atoms with Crippen LogP contribution in [0.3, 0.4) is 0 Å². The number of hydrogen-bond acceptors (Lipinski definition) is 3. The first-order valence-corrected chi connectivity index (χ1v) is 8.39. The highest BCUT2D eigenvalue weighted by Gasteiger charge is 2.23. The third-order valence-electron chi connectivity index (χ3n) is 3.15. The quantitative estimate of drug-likeness (QED) is 0.894. The molecule has 106 valence electrons. The Morgan fingerprint density at radius 1 is 1.32 bits per heavy atom. The molecule has 1 aliphatic heterocycles. The van der Waals surface area contributed by atoms with Crippen LogP contribution in [0.15, 0.2) is 23.1 Å². The molecule has 0 spiro atoms. The van der Waals surface area contributed by atoms with Crippen molar-refractivity contribution in [3.8, 4) is 0 Å². The van der Waals surface area contributed by atoms with Crippen molar-refractivity contribution in [1.82, 2.24) is 10.0 Å². The van der Waals surface area contributed by atoms with Crippen LogP contribution >= 0.6 is 23.2 Å². The number of rotatable bonds is 4. The van der Waals surface area contributed by atoms with E-state index in [2.05, 4.69) is 10.0 Å². The van der Waals surface area contributed by atoms with Crippen molar-refractivity contribution in [2.75, 3.05) is 19.6 Å². The number of benzene rings is 1.